The maximum absolute atomic E-state index is 12.2. The van der Waals surface area contributed by atoms with E-state index in [1.54, 1.807) is 0 Å². The number of hydrogen-bond acceptors (Lipinski definition) is 4. The zero-order valence-corrected chi connectivity index (χ0v) is 12.9. The molecule has 1 aliphatic carbocycles. The van der Waals surface area contributed by atoms with E-state index >= 15 is 0 Å². The molecule has 0 aliphatic heterocycles. The van der Waals surface area contributed by atoms with Gasteiger partial charge in [-0.2, -0.15) is 0 Å². The lowest BCUT2D eigenvalue weighted by atomic mass is 9.67. The van der Waals surface area contributed by atoms with Gasteiger partial charge in [-0.3, -0.25) is 4.79 Å². The van der Waals surface area contributed by atoms with Gasteiger partial charge >= 0.3 is 0 Å². The largest absolute Gasteiger partial charge is 0.409 e. The summed E-state index contributed by atoms with van der Waals surface area (Å²) in [5.74, 6) is -0.0583. The summed E-state index contributed by atoms with van der Waals surface area (Å²) in [5, 5.41) is 14.7. The van der Waals surface area contributed by atoms with Crippen LogP contribution in [0.3, 0.4) is 0 Å². The minimum absolute atomic E-state index is 0.0424. The van der Waals surface area contributed by atoms with Gasteiger partial charge in [0.2, 0.25) is 5.91 Å². The molecule has 0 atom stereocenters. The molecule has 0 bridgehead atoms. The average Bonchev–Trinajstić information content (AvgIpc) is 2.36. The van der Waals surface area contributed by atoms with E-state index in [4.69, 9.17) is 10.9 Å². The van der Waals surface area contributed by atoms with Crippen LogP contribution in [0, 0.1) is 5.41 Å². The highest BCUT2D eigenvalue weighted by atomic mass is 16.4. The average molecular weight is 284 g/mol. The molecule has 0 aromatic carbocycles. The molecular weight excluding hydrogens is 256 g/mol. The Kier molecular flexibility index (Phi) is 6.26. The Morgan fingerprint density at radius 2 is 2.10 bits per heavy atom. The number of nitrogens with two attached hydrogens (primary N) is 1. The molecule has 0 saturated heterocycles. The first kappa shape index (κ1) is 16.8. The molecule has 1 aliphatic rings. The number of oxime groups is 1. The summed E-state index contributed by atoms with van der Waals surface area (Å²) >= 11 is 0. The standard InChI is InChI=1S/C14H28N4O2/c1-11(2)18(3)10-5-4-9-16-13(19)14(7-6-8-14)12(15)17-20/h11,20H,4-10H2,1-3H3,(H2,15,17)(H,16,19). The number of nitrogens with one attached hydrogen (secondary N) is 1. The smallest absolute Gasteiger partial charge is 0.233 e. The fourth-order valence-corrected chi connectivity index (χ4v) is 2.34. The van der Waals surface area contributed by atoms with Gasteiger partial charge in [0.15, 0.2) is 5.84 Å². The molecule has 0 unspecified atom stereocenters. The van der Waals surface area contributed by atoms with Gasteiger partial charge in [-0.15, -0.1) is 0 Å². The van der Waals surface area contributed by atoms with Crippen molar-refractivity contribution < 1.29 is 10.0 Å². The van der Waals surface area contributed by atoms with Gasteiger partial charge in [-0.1, -0.05) is 11.6 Å². The van der Waals surface area contributed by atoms with Crippen molar-refractivity contribution in [3.05, 3.63) is 0 Å². The minimum Gasteiger partial charge on any atom is -0.409 e. The Morgan fingerprint density at radius 1 is 1.45 bits per heavy atom. The number of amides is 1. The quantitative estimate of drug-likeness (QED) is 0.205. The molecule has 0 radical (unpaired) electrons. The summed E-state index contributed by atoms with van der Waals surface area (Å²) in [5.41, 5.74) is 4.89. The van der Waals surface area contributed by atoms with Crippen molar-refractivity contribution in [1.82, 2.24) is 10.2 Å². The van der Waals surface area contributed by atoms with Crippen molar-refractivity contribution in [2.24, 2.45) is 16.3 Å². The molecule has 0 aromatic rings. The molecule has 20 heavy (non-hydrogen) atoms. The second-order valence-electron chi connectivity index (χ2n) is 5.96. The van der Waals surface area contributed by atoms with Crippen LogP contribution in [0.2, 0.25) is 0 Å². The Labute approximate surface area is 121 Å². The van der Waals surface area contributed by atoms with E-state index in [1.807, 2.05) is 0 Å². The summed E-state index contributed by atoms with van der Waals surface area (Å²) in [6, 6.07) is 0.545. The number of nitrogens with zero attached hydrogens (tertiary/aromatic N) is 2. The van der Waals surface area contributed by atoms with Crippen LogP contribution in [-0.2, 0) is 4.79 Å². The SMILES string of the molecule is CC(C)N(C)CCCCNC(=O)C1(C(N)=NO)CCC1. The van der Waals surface area contributed by atoms with E-state index in [9.17, 15) is 4.79 Å². The van der Waals surface area contributed by atoms with Gasteiger partial charge in [0.05, 0.1) is 0 Å². The fraction of sp³-hybridized carbons (Fsp3) is 0.857. The van der Waals surface area contributed by atoms with Gasteiger partial charge in [-0.25, -0.2) is 0 Å². The van der Waals surface area contributed by atoms with Crippen molar-refractivity contribution >= 4 is 11.7 Å². The predicted molar refractivity (Wildman–Crippen MR) is 79.7 cm³/mol. The van der Waals surface area contributed by atoms with Gasteiger partial charge in [0.1, 0.15) is 5.41 Å². The Balaban J connectivity index is 2.27. The predicted octanol–water partition coefficient (Wildman–Crippen LogP) is 1.14. The van der Waals surface area contributed by atoms with E-state index in [0.29, 0.717) is 25.4 Å². The van der Waals surface area contributed by atoms with Crippen molar-refractivity contribution in [1.29, 1.82) is 0 Å². The van der Waals surface area contributed by atoms with Gasteiger partial charge < -0.3 is 21.2 Å². The molecule has 0 aromatic heterocycles. The Morgan fingerprint density at radius 3 is 2.55 bits per heavy atom. The third-order valence-corrected chi connectivity index (χ3v) is 4.34. The van der Waals surface area contributed by atoms with Crippen LogP contribution in [0.15, 0.2) is 5.16 Å². The molecule has 0 heterocycles. The van der Waals surface area contributed by atoms with Crippen LogP contribution in [0.1, 0.15) is 46.0 Å². The summed E-state index contributed by atoms with van der Waals surface area (Å²) in [6.07, 6.45) is 4.28. The van der Waals surface area contributed by atoms with Crippen LogP contribution in [-0.4, -0.2) is 48.0 Å². The molecular formula is C14H28N4O2. The number of hydrogen-bond donors (Lipinski definition) is 3. The lowest BCUT2D eigenvalue weighted by Crippen LogP contribution is -2.54. The van der Waals surface area contributed by atoms with Gasteiger partial charge in [-0.05, 0) is 53.1 Å². The summed E-state index contributed by atoms with van der Waals surface area (Å²) in [6.45, 7) is 6.00. The normalized spacial score (nSPS) is 18.1. The van der Waals surface area contributed by atoms with Crippen LogP contribution >= 0.6 is 0 Å². The fourth-order valence-electron chi connectivity index (χ4n) is 2.34. The minimum atomic E-state index is -0.760. The number of unbranched alkanes of at least 4 members (excludes halogenated alkanes) is 1. The number of carbonyl (C=O) groups excluding carboxylic acids is 1. The number of rotatable bonds is 8. The third-order valence-electron chi connectivity index (χ3n) is 4.34. The molecule has 116 valence electrons. The van der Waals surface area contributed by atoms with Crippen molar-refractivity contribution in [2.45, 2.75) is 52.0 Å². The van der Waals surface area contributed by atoms with Crippen molar-refractivity contribution in [3.8, 4) is 0 Å². The van der Waals surface area contributed by atoms with E-state index in [0.717, 1.165) is 25.8 Å². The van der Waals surface area contributed by atoms with E-state index in [-0.39, 0.29) is 11.7 Å². The van der Waals surface area contributed by atoms with Crippen molar-refractivity contribution in [3.63, 3.8) is 0 Å². The molecule has 1 rings (SSSR count). The third kappa shape index (κ3) is 3.85. The second kappa shape index (κ2) is 7.47. The van der Waals surface area contributed by atoms with E-state index in [1.165, 1.54) is 0 Å². The Hall–Kier alpha value is -1.30. The molecule has 0 spiro atoms. The van der Waals surface area contributed by atoms with E-state index < -0.39 is 5.41 Å². The lowest BCUT2D eigenvalue weighted by molar-refractivity contribution is -0.131. The topological polar surface area (TPSA) is 91.0 Å². The van der Waals surface area contributed by atoms with Crippen LogP contribution in [0.5, 0.6) is 0 Å². The van der Waals surface area contributed by atoms with Gasteiger partial charge in [0, 0.05) is 12.6 Å². The monoisotopic (exact) mass is 284 g/mol. The first-order valence-electron chi connectivity index (χ1n) is 7.40. The molecule has 1 amide bonds. The summed E-state index contributed by atoms with van der Waals surface area (Å²) in [7, 11) is 2.10. The molecule has 4 N–H and O–H groups in total. The summed E-state index contributed by atoms with van der Waals surface area (Å²) < 4.78 is 0. The maximum Gasteiger partial charge on any atom is 0.233 e. The highest BCUT2D eigenvalue weighted by molar-refractivity contribution is 6.07. The van der Waals surface area contributed by atoms with Crippen LogP contribution in [0.4, 0.5) is 0 Å². The molecule has 6 nitrogen and oxygen atoms in total. The summed E-state index contributed by atoms with van der Waals surface area (Å²) in [4.78, 5) is 14.4. The number of carbonyl (C=O) groups is 1. The van der Waals surface area contributed by atoms with Crippen LogP contribution < -0.4 is 11.1 Å². The second-order valence-corrected chi connectivity index (χ2v) is 5.96. The highest BCUT2D eigenvalue weighted by Crippen LogP contribution is 2.41. The van der Waals surface area contributed by atoms with Crippen LogP contribution in [0.25, 0.3) is 0 Å². The molecule has 1 fully saturated rings. The zero-order chi connectivity index (χ0) is 15.2. The Bertz CT molecular complexity index is 351. The molecule has 1 saturated carbocycles. The first-order valence-corrected chi connectivity index (χ1v) is 7.40. The molecule has 6 heteroatoms. The van der Waals surface area contributed by atoms with E-state index in [2.05, 4.69) is 36.3 Å². The maximum atomic E-state index is 12.2. The zero-order valence-electron chi connectivity index (χ0n) is 12.9. The lowest BCUT2D eigenvalue weighted by Gasteiger charge is -2.38. The van der Waals surface area contributed by atoms with Crippen molar-refractivity contribution in [2.75, 3.05) is 20.1 Å². The highest BCUT2D eigenvalue weighted by Gasteiger charge is 2.48. The van der Waals surface area contributed by atoms with Gasteiger partial charge in [0.25, 0.3) is 0 Å². The first-order chi connectivity index (χ1) is 9.44. The number of amidine groups is 1.